The number of nitrogens with two attached hydrogens (primary N) is 1. The van der Waals surface area contributed by atoms with Crippen LogP contribution in [0.15, 0.2) is 12.3 Å². The van der Waals surface area contributed by atoms with Crippen LogP contribution in [0.3, 0.4) is 0 Å². The molecule has 12 heavy (non-hydrogen) atoms. The van der Waals surface area contributed by atoms with Crippen LogP contribution in [0.1, 0.15) is 12.8 Å². The predicted octanol–water partition coefficient (Wildman–Crippen LogP) is 0.644. The maximum Gasteiger partial charge on any atom is 0.121 e. The Morgan fingerprint density at radius 2 is 2.67 bits per heavy atom. The van der Waals surface area contributed by atoms with Gasteiger partial charge in [-0.1, -0.05) is 0 Å². The predicted molar refractivity (Wildman–Crippen MR) is 45.6 cm³/mol. The van der Waals surface area contributed by atoms with Gasteiger partial charge in [-0.2, -0.15) is 5.10 Å². The number of rotatable bonds is 2. The first-order valence-electron chi connectivity index (χ1n) is 4.25. The molecule has 1 fully saturated rings. The fraction of sp³-hybridized carbons (Fsp3) is 0.625. The van der Waals surface area contributed by atoms with E-state index in [9.17, 15) is 0 Å². The van der Waals surface area contributed by atoms with Crippen LogP contribution < -0.4 is 5.73 Å². The lowest BCUT2D eigenvalue weighted by molar-refractivity contribution is 0.0945. The standard InChI is InChI=1S/C8H13N3O/c9-8-3-4-10-11(8)6-7-2-1-5-12-7/h3-4,7H,1-2,5-6,9H2/t7-/m1/s1. The van der Waals surface area contributed by atoms with Gasteiger partial charge in [-0.05, 0) is 18.9 Å². The molecule has 1 aliphatic heterocycles. The molecule has 2 rings (SSSR count). The molecule has 2 heterocycles. The molecule has 0 radical (unpaired) electrons. The molecule has 2 N–H and O–H groups in total. The molecular weight excluding hydrogens is 154 g/mol. The summed E-state index contributed by atoms with van der Waals surface area (Å²) in [5.74, 6) is 0.713. The summed E-state index contributed by atoms with van der Waals surface area (Å²) in [5.41, 5.74) is 5.66. The van der Waals surface area contributed by atoms with Gasteiger partial charge in [0.1, 0.15) is 5.82 Å². The second kappa shape index (κ2) is 3.15. The van der Waals surface area contributed by atoms with Gasteiger partial charge in [0.2, 0.25) is 0 Å². The number of nitrogens with zero attached hydrogens (tertiary/aromatic N) is 2. The Bertz CT molecular complexity index is 253. The van der Waals surface area contributed by atoms with Crippen molar-refractivity contribution < 1.29 is 4.74 Å². The minimum absolute atomic E-state index is 0.312. The van der Waals surface area contributed by atoms with Gasteiger partial charge in [0.15, 0.2) is 0 Å². The molecule has 0 aromatic carbocycles. The first-order chi connectivity index (χ1) is 5.86. The fourth-order valence-corrected chi connectivity index (χ4v) is 1.48. The molecule has 0 amide bonds. The smallest absolute Gasteiger partial charge is 0.121 e. The third-order valence-electron chi connectivity index (χ3n) is 2.15. The van der Waals surface area contributed by atoms with Gasteiger partial charge in [0.05, 0.1) is 18.8 Å². The van der Waals surface area contributed by atoms with Gasteiger partial charge in [0, 0.05) is 6.61 Å². The molecule has 0 unspecified atom stereocenters. The molecule has 0 spiro atoms. The van der Waals surface area contributed by atoms with Gasteiger partial charge < -0.3 is 10.5 Å². The third kappa shape index (κ3) is 1.43. The second-order valence-electron chi connectivity index (χ2n) is 3.07. The molecule has 4 heteroatoms. The Kier molecular flexibility index (Phi) is 1.99. The number of ether oxygens (including phenoxy) is 1. The maximum atomic E-state index is 5.66. The van der Waals surface area contributed by atoms with Crippen molar-refractivity contribution in [3.8, 4) is 0 Å². The van der Waals surface area contributed by atoms with Crippen molar-refractivity contribution in [2.75, 3.05) is 12.3 Å². The van der Waals surface area contributed by atoms with Gasteiger partial charge in [-0.15, -0.1) is 0 Å². The van der Waals surface area contributed by atoms with Crippen LogP contribution in [0.2, 0.25) is 0 Å². The van der Waals surface area contributed by atoms with Crippen molar-refractivity contribution in [1.29, 1.82) is 0 Å². The van der Waals surface area contributed by atoms with Crippen molar-refractivity contribution in [2.45, 2.75) is 25.5 Å². The molecule has 1 aliphatic rings. The van der Waals surface area contributed by atoms with E-state index in [1.807, 2.05) is 0 Å². The van der Waals surface area contributed by atoms with Crippen molar-refractivity contribution in [1.82, 2.24) is 9.78 Å². The maximum absolute atomic E-state index is 5.66. The zero-order valence-corrected chi connectivity index (χ0v) is 6.94. The van der Waals surface area contributed by atoms with E-state index in [2.05, 4.69) is 5.10 Å². The van der Waals surface area contributed by atoms with Crippen LogP contribution in [0.25, 0.3) is 0 Å². The molecule has 1 atom stereocenters. The molecule has 4 nitrogen and oxygen atoms in total. The molecule has 1 saturated heterocycles. The number of hydrogen-bond donors (Lipinski definition) is 1. The molecule has 0 aliphatic carbocycles. The van der Waals surface area contributed by atoms with Crippen LogP contribution in [0, 0.1) is 0 Å². The highest BCUT2D eigenvalue weighted by Gasteiger charge is 2.16. The van der Waals surface area contributed by atoms with Crippen molar-refractivity contribution in [2.24, 2.45) is 0 Å². The number of aromatic nitrogens is 2. The van der Waals surface area contributed by atoms with E-state index in [0.717, 1.165) is 26.0 Å². The summed E-state index contributed by atoms with van der Waals surface area (Å²) in [7, 11) is 0. The first kappa shape index (κ1) is 7.61. The monoisotopic (exact) mass is 167 g/mol. The van der Waals surface area contributed by atoms with E-state index in [-0.39, 0.29) is 0 Å². The van der Waals surface area contributed by atoms with E-state index in [1.165, 1.54) is 0 Å². The fourth-order valence-electron chi connectivity index (χ4n) is 1.48. The Labute approximate surface area is 71.3 Å². The lowest BCUT2D eigenvalue weighted by Gasteiger charge is -2.09. The van der Waals surface area contributed by atoms with Crippen LogP contribution in [0.4, 0.5) is 5.82 Å². The molecule has 1 aromatic rings. The average molecular weight is 167 g/mol. The van der Waals surface area contributed by atoms with Crippen LogP contribution in [-0.4, -0.2) is 22.5 Å². The summed E-state index contributed by atoms with van der Waals surface area (Å²) in [4.78, 5) is 0. The number of hydrogen-bond acceptors (Lipinski definition) is 3. The van der Waals surface area contributed by atoms with Gasteiger partial charge in [-0.25, -0.2) is 4.68 Å². The number of nitrogen functional groups attached to an aromatic ring is 1. The van der Waals surface area contributed by atoms with E-state index in [4.69, 9.17) is 10.5 Å². The summed E-state index contributed by atoms with van der Waals surface area (Å²) >= 11 is 0. The highest BCUT2D eigenvalue weighted by molar-refractivity contribution is 5.25. The second-order valence-corrected chi connectivity index (χ2v) is 3.07. The minimum Gasteiger partial charge on any atom is -0.384 e. The highest BCUT2D eigenvalue weighted by Crippen LogP contribution is 2.14. The van der Waals surface area contributed by atoms with Crippen LogP contribution >= 0.6 is 0 Å². The minimum atomic E-state index is 0.312. The molecule has 0 bridgehead atoms. The van der Waals surface area contributed by atoms with E-state index in [0.29, 0.717) is 11.9 Å². The van der Waals surface area contributed by atoms with Gasteiger partial charge in [-0.3, -0.25) is 0 Å². The van der Waals surface area contributed by atoms with Crippen molar-refractivity contribution in [3.05, 3.63) is 12.3 Å². The Morgan fingerprint density at radius 3 is 3.25 bits per heavy atom. The average Bonchev–Trinajstić information content (AvgIpc) is 2.65. The topological polar surface area (TPSA) is 53.1 Å². The SMILES string of the molecule is Nc1ccnn1C[C@H]1CCCO1. The largest absolute Gasteiger partial charge is 0.384 e. The van der Waals surface area contributed by atoms with Crippen molar-refractivity contribution >= 4 is 5.82 Å². The van der Waals surface area contributed by atoms with Crippen LogP contribution in [0.5, 0.6) is 0 Å². The summed E-state index contributed by atoms with van der Waals surface area (Å²) in [6.07, 6.45) is 4.31. The third-order valence-corrected chi connectivity index (χ3v) is 2.15. The number of anilines is 1. The molecular formula is C8H13N3O. The van der Waals surface area contributed by atoms with Crippen molar-refractivity contribution in [3.63, 3.8) is 0 Å². The summed E-state index contributed by atoms with van der Waals surface area (Å²) < 4.78 is 7.25. The van der Waals surface area contributed by atoms with E-state index in [1.54, 1.807) is 16.9 Å². The Hall–Kier alpha value is -1.03. The highest BCUT2D eigenvalue weighted by atomic mass is 16.5. The lowest BCUT2D eigenvalue weighted by atomic mass is 10.2. The molecule has 66 valence electrons. The lowest BCUT2D eigenvalue weighted by Crippen LogP contribution is -2.17. The summed E-state index contributed by atoms with van der Waals surface area (Å²) in [5, 5.41) is 4.09. The van der Waals surface area contributed by atoms with E-state index >= 15 is 0 Å². The quantitative estimate of drug-likeness (QED) is 0.703. The zero-order chi connectivity index (χ0) is 8.39. The van der Waals surface area contributed by atoms with E-state index < -0.39 is 0 Å². The Morgan fingerprint density at radius 1 is 1.75 bits per heavy atom. The van der Waals surface area contributed by atoms with Gasteiger partial charge >= 0.3 is 0 Å². The van der Waals surface area contributed by atoms with Crippen LogP contribution in [-0.2, 0) is 11.3 Å². The molecule has 1 aromatic heterocycles. The molecule has 0 saturated carbocycles. The Balaban J connectivity index is 1.98. The normalized spacial score (nSPS) is 23.2. The summed E-state index contributed by atoms with van der Waals surface area (Å²) in [6, 6.07) is 1.80. The summed E-state index contributed by atoms with van der Waals surface area (Å²) in [6.45, 7) is 1.67. The first-order valence-corrected chi connectivity index (χ1v) is 4.25. The zero-order valence-electron chi connectivity index (χ0n) is 6.94. The van der Waals surface area contributed by atoms with Gasteiger partial charge in [0.25, 0.3) is 0 Å².